The predicted molar refractivity (Wildman–Crippen MR) is 141 cm³/mol. The molecule has 3 aromatic heterocycles. The Kier molecular flexibility index (Phi) is 7.03. The smallest absolute Gasteiger partial charge is 0.317 e. The van der Waals surface area contributed by atoms with Gasteiger partial charge in [0.05, 0.1) is 21.0 Å². The van der Waals surface area contributed by atoms with Gasteiger partial charge in [-0.2, -0.15) is 0 Å². The summed E-state index contributed by atoms with van der Waals surface area (Å²) in [5.74, 6) is -0.810. The van der Waals surface area contributed by atoms with Crippen LogP contribution in [0.1, 0.15) is 17.5 Å². The molecule has 2 aromatic carbocycles. The second kappa shape index (κ2) is 10.5. The Morgan fingerprint density at radius 2 is 1.91 bits per heavy atom. The van der Waals surface area contributed by atoms with Crippen LogP contribution in [-0.2, 0) is 20.7 Å². The topological polar surface area (TPSA) is 94.1 Å². The van der Waals surface area contributed by atoms with Crippen molar-refractivity contribution >= 4 is 72.4 Å². The van der Waals surface area contributed by atoms with Crippen molar-refractivity contribution in [3.05, 3.63) is 76.9 Å². The first-order valence-corrected chi connectivity index (χ1v) is 13.5. The maximum Gasteiger partial charge on any atom is 0.317 e. The summed E-state index contributed by atoms with van der Waals surface area (Å²) in [5, 5.41) is 7.40. The van der Waals surface area contributed by atoms with Crippen LogP contribution in [0.2, 0.25) is 0 Å². The highest BCUT2D eigenvalue weighted by atomic mass is 32.2. The number of esters is 1. The lowest BCUT2D eigenvalue weighted by Crippen LogP contribution is -2.30. The third-order valence-corrected chi connectivity index (χ3v) is 7.98. The standard InChI is InChI=1S/C25H20N4O3S3/c1-15(32-22(30)13-34-25-18-10-11-33-24(18)26-14-27-25)23(31)28-17-8-6-16(7-9-17)12-21-29-19-4-2-3-5-20(19)35-21/h2-11,14-15H,12-13H2,1H3,(H,28,31)/t15-/m1/s1. The highest BCUT2D eigenvalue weighted by Crippen LogP contribution is 2.28. The van der Waals surface area contributed by atoms with E-state index >= 15 is 0 Å². The quantitative estimate of drug-likeness (QED) is 0.163. The van der Waals surface area contributed by atoms with Gasteiger partial charge in [0.1, 0.15) is 16.2 Å². The van der Waals surface area contributed by atoms with Crippen molar-refractivity contribution in [1.29, 1.82) is 0 Å². The van der Waals surface area contributed by atoms with E-state index < -0.39 is 12.1 Å². The molecular weight excluding hydrogens is 501 g/mol. The summed E-state index contributed by atoms with van der Waals surface area (Å²) in [6.45, 7) is 1.56. The molecule has 7 nitrogen and oxygen atoms in total. The van der Waals surface area contributed by atoms with Crippen LogP contribution in [0, 0.1) is 0 Å². The fourth-order valence-electron chi connectivity index (χ4n) is 3.41. The third kappa shape index (κ3) is 5.67. The van der Waals surface area contributed by atoms with Gasteiger partial charge in [-0.1, -0.05) is 36.0 Å². The zero-order valence-corrected chi connectivity index (χ0v) is 21.1. The average molecular weight is 521 g/mol. The Hall–Kier alpha value is -3.34. The number of thioether (sulfide) groups is 1. The van der Waals surface area contributed by atoms with Crippen molar-refractivity contribution in [3.63, 3.8) is 0 Å². The number of benzene rings is 2. The number of rotatable bonds is 8. The summed E-state index contributed by atoms with van der Waals surface area (Å²) in [5.41, 5.74) is 2.75. The summed E-state index contributed by atoms with van der Waals surface area (Å²) >= 11 is 4.47. The molecular formula is C25H20N4O3S3. The van der Waals surface area contributed by atoms with E-state index in [0.29, 0.717) is 5.69 Å². The summed E-state index contributed by atoms with van der Waals surface area (Å²) < 4.78 is 6.48. The van der Waals surface area contributed by atoms with E-state index in [1.807, 2.05) is 53.9 Å². The van der Waals surface area contributed by atoms with Crippen molar-refractivity contribution in [2.45, 2.75) is 24.5 Å². The molecule has 10 heteroatoms. The van der Waals surface area contributed by atoms with Gasteiger partial charge >= 0.3 is 5.97 Å². The molecule has 0 aliphatic carbocycles. The number of para-hydroxylation sites is 1. The van der Waals surface area contributed by atoms with Gasteiger partial charge in [-0.3, -0.25) is 9.59 Å². The van der Waals surface area contributed by atoms with Gasteiger partial charge < -0.3 is 10.1 Å². The largest absolute Gasteiger partial charge is 0.452 e. The van der Waals surface area contributed by atoms with Crippen molar-refractivity contribution in [2.24, 2.45) is 0 Å². The van der Waals surface area contributed by atoms with Crippen LogP contribution in [0.5, 0.6) is 0 Å². The molecule has 0 saturated heterocycles. The van der Waals surface area contributed by atoms with Crippen LogP contribution in [0.3, 0.4) is 0 Å². The van der Waals surface area contributed by atoms with Crippen LogP contribution >= 0.6 is 34.4 Å². The molecule has 3 heterocycles. The number of amides is 1. The van der Waals surface area contributed by atoms with E-state index in [1.165, 1.54) is 34.1 Å². The van der Waals surface area contributed by atoms with Gasteiger partial charge in [0.2, 0.25) is 0 Å². The molecule has 1 N–H and O–H groups in total. The van der Waals surface area contributed by atoms with E-state index in [0.717, 1.165) is 37.8 Å². The van der Waals surface area contributed by atoms with Crippen LogP contribution < -0.4 is 5.32 Å². The molecule has 0 aliphatic heterocycles. The van der Waals surface area contributed by atoms with Crippen molar-refractivity contribution < 1.29 is 14.3 Å². The number of carbonyl (C=O) groups excluding carboxylic acids is 2. The van der Waals surface area contributed by atoms with Crippen LogP contribution in [0.4, 0.5) is 5.69 Å². The molecule has 5 rings (SSSR count). The number of nitrogens with zero attached hydrogens (tertiary/aromatic N) is 3. The van der Waals surface area contributed by atoms with Crippen LogP contribution in [0.25, 0.3) is 20.4 Å². The Balaban J connectivity index is 1.12. The fourth-order valence-corrected chi connectivity index (χ4v) is 5.98. The van der Waals surface area contributed by atoms with Gasteiger partial charge in [-0.25, -0.2) is 15.0 Å². The Bertz CT molecular complexity index is 1460. The molecule has 0 bridgehead atoms. The molecule has 5 aromatic rings. The number of aromatic nitrogens is 3. The molecule has 0 unspecified atom stereocenters. The monoisotopic (exact) mass is 520 g/mol. The van der Waals surface area contributed by atoms with E-state index in [9.17, 15) is 9.59 Å². The van der Waals surface area contributed by atoms with Gasteiger partial charge in [0.25, 0.3) is 5.91 Å². The molecule has 0 fully saturated rings. The minimum absolute atomic E-state index is 0.0556. The number of anilines is 1. The first-order valence-electron chi connectivity index (χ1n) is 10.8. The first-order chi connectivity index (χ1) is 17.0. The summed E-state index contributed by atoms with van der Waals surface area (Å²) in [6, 6.07) is 17.6. The number of thiophene rings is 1. The Labute approximate surface area is 213 Å². The molecule has 176 valence electrons. The zero-order valence-electron chi connectivity index (χ0n) is 18.6. The maximum atomic E-state index is 12.5. The number of ether oxygens (including phenoxy) is 1. The van der Waals surface area contributed by atoms with Gasteiger partial charge in [-0.15, -0.1) is 22.7 Å². The Morgan fingerprint density at radius 3 is 2.74 bits per heavy atom. The van der Waals surface area contributed by atoms with Crippen molar-refractivity contribution in [1.82, 2.24) is 15.0 Å². The molecule has 0 saturated carbocycles. The number of fused-ring (bicyclic) bond motifs is 2. The highest BCUT2D eigenvalue weighted by Gasteiger charge is 2.19. The van der Waals surface area contributed by atoms with Crippen LogP contribution in [-0.4, -0.2) is 38.7 Å². The minimum atomic E-state index is -0.919. The minimum Gasteiger partial charge on any atom is -0.452 e. The second-order valence-electron chi connectivity index (χ2n) is 7.68. The molecule has 1 atom stereocenters. The van der Waals surface area contributed by atoms with E-state index in [2.05, 4.69) is 26.3 Å². The number of hydrogen-bond donors (Lipinski definition) is 1. The normalized spacial score (nSPS) is 12.0. The third-order valence-electron chi connectivity index (χ3n) is 5.14. The molecule has 35 heavy (non-hydrogen) atoms. The molecule has 0 aliphatic rings. The summed E-state index contributed by atoms with van der Waals surface area (Å²) in [4.78, 5) is 38.8. The lowest BCUT2D eigenvalue weighted by atomic mass is 10.1. The maximum absolute atomic E-state index is 12.5. The highest BCUT2D eigenvalue weighted by molar-refractivity contribution is 8.00. The number of hydrogen-bond acceptors (Lipinski definition) is 9. The Morgan fingerprint density at radius 1 is 1.09 bits per heavy atom. The summed E-state index contributed by atoms with van der Waals surface area (Å²) in [7, 11) is 0. The summed E-state index contributed by atoms with van der Waals surface area (Å²) in [6.07, 6.45) is 1.29. The van der Waals surface area contributed by atoms with Gasteiger partial charge in [-0.05, 0) is 48.2 Å². The SMILES string of the molecule is C[C@@H](OC(=O)CSc1ncnc2sccc12)C(=O)Nc1ccc(Cc2nc3ccccc3s2)cc1. The fraction of sp³-hybridized carbons (Fsp3) is 0.160. The predicted octanol–water partition coefficient (Wildman–Crippen LogP) is 5.55. The zero-order chi connectivity index (χ0) is 24.2. The number of thiazole rings is 1. The van der Waals surface area contributed by atoms with E-state index in [1.54, 1.807) is 18.3 Å². The number of carbonyl (C=O) groups is 2. The van der Waals surface area contributed by atoms with E-state index in [4.69, 9.17) is 4.74 Å². The lowest BCUT2D eigenvalue weighted by Gasteiger charge is -2.13. The average Bonchev–Trinajstić information content (AvgIpc) is 3.50. The lowest BCUT2D eigenvalue weighted by molar-refractivity contribution is -0.150. The van der Waals surface area contributed by atoms with E-state index in [-0.39, 0.29) is 11.7 Å². The first kappa shape index (κ1) is 23.4. The molecule has 1 amide bonds. The van der Waals surface area contributed by atoms with Crippen LogP contribution in [0.15, 0.2) is 71.3 Å². The second-order valence-corrected chi connectivity index (χ2v) is 10.7. The molecule has 0 spiro atoms. The van der Waals surface area contributed by atoms with Gasteiger partial charge in [0, 0.05) is 17.5 Å². The molecule has 0 radical (unpaired) electrons. The van der Waals surface area contributed by atoms with Gasteiger partial charge in [0.15, 0.2) is 6.10 Å². The van der Waals surface area contributed by atoms with Crippen molar-refractivity contribution in [3.8, 4) is 0 Å². The number of nitrogens with one attached hydrogen (secondary N) is 1. The van der Waals surface area contributed by atoms with Crippen molar-refractivity contribution in [2.75, 3.05) is 11.1 Å².